The molecule has 2 bridgehead atoms. The van der Waals surface area contributed by atoms with Crippen molar-refractivity contribution >= 4 is 17.3 Å². The first kappa shape index (κ1) is 15.0. The summed E-state index contributed by atoms with van der Waals surface area (Å²) in [5, 5.41) is 8.69. The Hall–Kier alpha value is -2.53. The molecule has 2 saturated heterocycles. The number of benzene rings is 2. The standard InChI is InChI=1S/C19H21N3O2/c1-13-2-6-15(7-3-13)21-11-18-10-17(21)12-22(18)16-8-4-14(5-9-16)19(23)20-24/h2-9,17-18,24H,10-12H2,1H3,(H,20,23)/t17-,18+/m1/s1. The molecule has 4 rings (SSSR count). The number of piperazine rings is 1. The molecule has 2 heterocycles. The van der Waals surface area contributed by atoms with Gasteiger partial charge in [-0.3, -0.25) is 10.0 Å². The van der Waals surface area contributed by atoms with Crippen LogP contribution >= 0.6 is 0 Å². The first-order valence-corrected chi connectivity index (χ1v) is 8.30. The fourth-order valence-electron chi connectivity index (χ4n) is 3.90. The third kappa shape index (κ3) is 2.51. The van der Waals surface area contributed by atoms with Gasteiger partial charge in [-0.05, 0) is 49.7 Å². The Morgan fingerprint density at radius 2 is 1.46 bits per heavy atom. The van der Waals surface area contributed by atoms with Gasteiger partial charge < -0.3 is 9.80 Å². The van der Waals surface area contributed by atoms with Gasteiger partial charge in [0.15, 0.2) is 0 Å². The zero-order valence-corrected chi connectivity index (χ0v) is 13.6. The summed E-state index contributed by atoms with van der Waals surface area (Å²) in [6, 6.07) is 17.2. The molecule has 5 nitrogen and oxygen atoms in total. The van der Waals surface area contributed by atoms with E-state index in [2.05, 4.69) is 41.0 Å². The van der Waals surface area contributed by atoms with Crippen molar-refractivity contribution in [2.45, 2.75) is 25.4 Å². The topological polar surface area (TPSA) is 55.8 Å². The van der Waals surface area contributed by atoms with E-state index in [1.807, 2.05) is 12.1 Å². The highest BCUT2D eigenvalue weighted by atomic mass is 16.5. The first-order valence-electron chi connectivity index (χ1n) is 8.30. The number of hydroxylamine groups is 1. The lowest BCUT2D eigenvalue weighted by molar-refractivity contribution is 0.0706. The van der Waals surface area contributed by atoms with Crippen molar-refractivity contribution in [3.8, 4) is 0 Å². The summed E-state index contributed by atoms with van der Waals surface area (Å²) in [5.74, 6) is -0.477. The number of hydrogen-bond acceptors (Lipinski definition) is 4. The Kier molecular flexibility index (Phi) is 3.65. The van der Waals surface area contributed by atoms with E-state index in [0.717, 1.165) is 18.8 Å². The quantitative estimate of drug-likeness (QED) is 0.673. The van der Waals surface area contributed by atoms with Crippen LogP contribution < -0.4 is 15.3 Å². The van der Waals surface area contributed by atoms with Crippen LogP contribution in [0.2, 0.25) is 0 Å². The lowest BCUT2D eigenvalue weighted by atomic mass is 10.1. The van der Waals surface area contributed by atoms with E-state index >= 15 is 0 Å². The van der Waals surface area contributed by atoms with E-state index in [0.29, 0.717) is 17.6 Å². The molecule has 0 spiro atoms. The number of fused-ring (bicyclic) bond motifs is 2. The van der Waals surface area contributed by atoms with Gasteiger partial charge in [0.25, 0.3) is 5.91 Å². The van der Waals surface area contributed by atoms with Gasteiger partial charge in [0.05, 0.1) is 0 Å². The fraction of sp³-hybridized carbons (Fsp3) is 0.316. The zero-order valence-electron chi connectivity index (χ0n) is 13.6. The number of aryl methyl sites for hydroxylation is 1. The van der Waals surface area contributed by atoms with E-state index < -0.39 is 5.91 Å². The van der Waals surface area contributed by atoms with Gasteiger partial charge in [0.1, 0.15) is 0 Å². The summed E-state index contributed by atoms with van der Waals surface area (Å²) in [6.07, 6.45) is 1.17. The lowest BCUT2D eigenvalue weighted by Crippen LogP contribution is -2.46. The van der Waals surface area contributed by atoms with E-state index in [-0.39, 0.29) is 0 Å². The normalized spacial score (nSPS) is 22.1. The average molecular weight is 323 g/mol. The van der Waals surface area contributed by atoms with Crippen LogP contribution in [0.25, 0.3) is 0 Å². The van der Waals surface area contributed by atoms with Crippen molar-refractivity contribution in [3.63, 3.8) is 0 Å². The molecule has 0 aromatic heterocycles. The largest absolute Gasteiger partial charge is 0.365 e. The fourth-order valence-corrected chi connectivity index (χ4v) is 3.90. The Morgan fingerprint density at radius 1 is 0.958 bits per heavy atom. The SMILES string of the molecule is Cc1ccc(N2C[C@@H]3C[C@@H]2CN3c2ccc(C(=O)NO)cc2)cc1. The lowest BCUT2D eigenvalue weighted by Gasteiger charge is -2.37. The third-order valence-electron chi connectivity index (χ3n) is 5.17. The Balaban J connectivity index is 1.48. The number of nitrogens with zero attached hydrogens (tertiary/aromatic N) is 2. The minimum absolute atomic E-state index is 0.465. The molecule has 2 fully saturated rings. The van der Waals surface area contributed by atoms with Gasteiger partial charge in [0.2, 0.25) is 0 Å². The van der Waals surface area contributed by atoms with Gasteiger partial charge in [-0.15, -0.1) is 0 Å². The number of anilines is 2. The minimum Gasteiger partial charge on any atom is -0.365 e. The molecule has 0 saturated carbocycles. The highest BCUT2D eigenvalue weighted by Gasteiger charge is 2.43. The smallest absolute Gasteiger partial charge is 0.274 e. The number of nitrogens with one attached hydrogen (secondary N) is 1. The minimum atomic E-state index is -0.477. The molecule has 24 heavy (non-hydrogen) atoms. The van der Waals surface area contributed by atoms with E-state index in [1.54, 1.807) is 17.6 Å². The molecular formula is C19H21N3O2. The van der Waals surface area contributed by atoms with Crippen LogP contribution in [0, 0.1) is 6.92 Å². The number of carbonyl (C=O) groups excluding carboxylic acids is 1. The molecule has 5 heteroatoms. The van der Waals surface area contributed by atoms with Crippen molar-refractivity contribution in [1.29, 1.82) is 0 Å². The molecule has 2 aromatic carbocycles. The number of rotatable bonds is 3. The molecule has 124 valence electrons. The van der Waals surface area contributed by atoms with Gasteiger partial charge in [-0.1, -0.05) is 17.7 Å². The molecule has 2 N–H and O–H groups in total. The summed E-state index contributed by atoms with van der Waals surface area (Å²) < 4.78 is 0. The molecule has 2 atom stereocenters. The summed E-state index contributed by atoms with van der Waals surface area (Å²) in [7, 11) is 0. The van der Waals surface area contributed by atoms with Crippen molar-refractivity contribution in [2.24, 2.45) is 0 Å². The molecule has 0 aliphatic carbocycles. The molecule has 1 amide bonds. The first-order chi connectivity index (χ1) is 11.7. The highest BCUT2D eigenvalue weighted by molar-refractivity contribution is 5.93. The van der Waals surface area contributed by atoms with E-state index in [1.165, 1.54) is 17.7 Å². The van der Waals surface area contributed by atoms with Crippen LogP contribution in [0.4, 0.5) is 11.4 Å². The molecule has 0 unspecified atom stereocenters. The molecule has 0 radical (unpaired) electrons. The molecule has 2 aromatic rings. The van der Waals surface area contributed by atoms with E-state index in [4.69, 9.17) is 5.21 Å². The number of carbonyl (C=O) groups is 1. The third-order valence-corrected chi connectivity index (χ3v) is 5.17. The van der Waals surface area contributed by atoms with Crippen LogP contribution in [-0.4, -0.2) is 36.3 Å². The van der Waals surface area contributed by atoms with Crippen molar-refractivity contribution in [1.82, 2.24) is 5.48 Å². The van der Waals surface area contributed by atoms with Gasteiger partial charge in [-0.2, -0.15) is 0 Å². The molecule has 2 aliphatic rings. The van der Waals surface area contributed by atoms with Gasteiger partial charge in [-0.25, -0.2) is 5.48 Å². The summed E-state index contributed by atoms with van der Waals surface area (Å²) in [5.41, 5.74) is 5.87. The Labute approximate surface area is 141 Å². The highest BCUT2D eigenvalue weighted by Crippen LogP contribution is 2.37. The van der Waals surface area contributed by atoms with Crippen LogP contribution in [0.1, 0.15) is 22.3 Å². The van der Waals surface area contributed by atoms with Crippen molar-refractivity contribution in [2.75, 3.05) is 22.9 Å². The van der Waals surface area contributed by atoms with Crippen LogP contribution in [0.5, 0.6) is 0 Å². The Bertz CT molecular complexity index is 742. The molecular weight excluding hydrogens is 302 g/mol. The summed E-state index contributed by atoms with van der Waals surface area (Å²) in [6.45, 7) is 4.15. The number of amides is 1. The summed E-state index contributed by atoms with van der Waals surface area (Å²) in [4.78, 5) is 16.4. The van der Waals surface area contributed by atoms with Crippen molar-refractivity contribution in [3.05, 3.63) is 59.7 Å². The average Bonchev–Trinajstić information content (AvgIpc) is 3.22. The Morgan fingerprint density at radius 3 is 1.92 bits per heavy atom. The maximum absolute atomic E-state index is 11.4. The van der Waals surface area contributed by atoms with Gasteiger partial charge in [0, 0.05) is 42.1 Å². The van der Waals surface area contributed by atoms with Crippen LogP contribution in [0.3, 0.4) is 0 Å². The van der Waals surface area contributed by atoms with E-state index in [9.17, 15) is 4.79 Å². The zero-order chi connectivity index (χ0) is 16.7. The monoisotopic (exact) mass is 323 g/mol. The molecule has 2 aliphatic heterocycles. The van der Waals surface area contributed by atoms with Gasteiger partial charge >= 0.3 is 0 Å². The predicted octanol–water partition coefficient (Wildman–Crippen LogP) is 2.58. The maximum atomic E-state index is 11.4. The second-order valence-electron chi connectivity index (χ2n) is 6.67. The summed E-state index contributed by atoms with van der Waals surface area (Å²) >= 11 is 0. The van der Waals surface area contributed by atoms with Crippen molar-refractivity contribution < 1.29 is 10.0 Å². The second-order valence-corrected chi connectivity index (χ2v) is 6.67. The second kappa shape index (κ2) is 5.83. The van der Waals surface area contributed by atoms with Crippen LogP contribution in [-0.2, 0) is 0 Å². The maximum Gasteiger partial charge on any atom is 0.274 e. The predicted molar refractivity (Wildman–Crippen MR) is 93.8 cm³/mol. The van der Waals surface area contributed by atoms with Crippen LogP contribution in [0.15, 0.2) is 48.5 Å². The number of hydrogen-bond donors (Lipinski definition) is 2.